The van der Waals surface area contributed by atoms with Crippen molar-refractivity contribution in [3.8, 4) is 6.07 Å². The number of amides is 1. The first kappa shape index (κ1) is 19.3. The average molecular weight is 371 g/mol. The van der Waals surface area contributed by atoms with Gasteiger partial charge in [-0.1, -0.05) is 18.2 Å². The van der Waals surface area contributed by atoms with E-state index in [-0.39, 0.29) is 0 Å². The lowest BCUT2D eigenvalue weighted by molar-refractivity contribution is -0.149. The first-order valence-electron chi connectivity index (χ1n) is 7.79. The van der Waals surface area contributed by atoms with Crippen molar-refractivity contribution < 1.29 is 19.1 Å². The number of rotatable bonds is 7. The third-order valence-corrected chi connectivity index (χ3v) is 4.46. The molecule has 1 aromatic heterocycles. The largest absolute Gasteiger partial charge is 0.456 e. The Morgan fingerprint density at radius 3 is 2.58 bits per heavy atom. The molecule has 0 aliphatic heterocycles. The molecule has 2 aromatic rings. The second kappa shape index (κ2) is 8.87. The van der Waals surface area contributed by atoms with Crippen LogP contribution in [0.25, 0.3) is 0 Å². The van der Waals surface area contributed by atoms with Crippen LogP contribution < -0.4 is 5.32 Å². The van der Waals surface area contributed by atoms with Gasteiger partial charge in [-0.05, 0) is 26.0 Å². The molecule has 26 heavy (non-hydrogen) atoms. The van der Waals surface area contributed by atoms with E-state index in [1.807, 2.05) is 6.07 Å². The van der Waals surface area contributed by atoms with Crippen molar-refractivity contribution in [2.45, 2.75) is 25.8 Å². The van der Waals surface area contributed by atoms with Crippen LogP contribution in [0.2, 0.25) is 0 Å². The van der Waals surface area contributed by atoms with E-state index in [2.05, 4.69) is 10.3 Å². The van der Waals surface area contributed by atoms with Crippen LogP contribution >= 0.6 is 11.3 Å². The van der Waals surface area contributed by atoms with Crippen molar-refractivity contribution >= 4 is 29.0 Å². The number of nitrogens with one attached hydrogen (secondary N) is 1. The lowest BCUT2D eigenvalue weighted by Crippen LogP contribution is -2.40. The third kappa shape index (κ3) is 4.97. The minimum Gasteiger partial charge on any atom is -0.456 e. The minimum absolute atomic E-state index is 0.372. The predicted molar refractivity (Wildman–Crippen MR) is 94.5 cm³/mol. The standard InChI is InChI=1S/C18H17N3O4S/c1-11-10-26-17(20-11)14(8-19)15(22)9-25-18(24)12(2)21-16(23)13-6-4-3-5-7-13/h3-7,10,12,14H,9H2,1-2H3,(H,21,23)/t12-,14+/m0/s1. The van der Waals surface area contributed by atoms with E-state index in [0.717, 1.165) is 0 Å². The molecule has 2 rings (SSSR count). The second-order valence-corrected chi connectivity index (χ2v) is 6.41. The number of hydrogen-bond acceptors (Lipinski definition) is 7. The fourth-order valence-corrected chi connectivity index (χ4v) is 2.91. The molecule has 0 aliphatic rings. The van der Waals surface area contributed by atoms with Gasteiger partial charge in [0.25, 0.3) is 5.91 Å². The van der Waals surface area contributed by atoms with Crippen molar-refractivity contribution in [2.24, 2.45) is 0 Å². The highest BCUT2D eigenvalue weighted by atomic mass is 32.1. The summed E-state index contributed by atoms with van der Waals surface area (Å²) in [7, 11) is 0. The van der Waals surface area contributed by atoms with Crippen LogP contribution in [0.3, 0.4) is 0 Å². The molecule has 0 bridgehead atoms. The highest BCUT2D eigenvalue weighted by Crippen LogP contribution is 2.20. The molecule has 0 fully saturated rings. The van der Waals surface area contributed by atoms with Gasteiger partial charge in [-0.3, -0.25) is 9.59 Å². The number of carbonyl (C=O) groups excluding carboxylic acids is 3. The zero-order chi connectivity index (χ0) is 19.1. The number of nitrogens with zero attached hydrogens (tertiary/aromatic N) is 2. The highest BCUT2D eigenvalue weighted by Gasteiger charge is 2.26. The summed E-state index contributed by atoms with van der Waals surface area (Å²) in [5.41, 5.74) is 1.12. The number of Topliss-reactive ketones (excluding diaryl/α,β-unsaturated/α-hetero) is 1. The normalized spacial score (nSPS) is 12.5. The third-order valence-electron chi connectivity index (χ3n) is 3.43. The fourth-order valence-electron chi connectivity index (χ4n) is 2.05. The van der Waals surface area contributed by atoms with Crippen LogP contribution in [-0.2, 0) is 14.3 Å². The van der Waals surface area contributed by atoms with Crippen LogP contribution in [0.15, 0.2) is 35.7 Å². The number of nitriles is 1. The molecule has 0 saturated heterocycles. The van der Waals surface area contributed by atoms with Gasteiger partial charge in [0.1, 0.15) is 11.0 Å². The van der Waals surface area contributed by atoms with Gasteiger partial charge < -0.3 is 10.1 Å². The van der Waals surface area contributed by atoms with E-state index in [0.29, 0.717) is 16.3 Å². The van der Waals surface area contributed by atoms with E-state index in [9.17, 15) is 19.6 Å². The molecule has 0 unspecified atom stereocenters. The quantitative estimate of drug-likeness (QED) is 0.746. The van der Waals surface area contributed by atoms with Gasteiger partial charge in [0.15, 0.2) is 18.3 Å². The van der Waals surface area contributed by atoms with Gasteiger partial charge in [-0.2, -0.15) is 5.26 Å². The minimum atomic E-state index is -1.07. The Labute approximate surface area is 154 Å². The van der Waals surface area contributed by atoms with E-state index in [4.69, 9.17) is 4.74 Å². The van der Waals surface area contributed by atoms with Gasteiger partial charge >= 0.3 is 5.97 Å². The van der Waals surface area contributed by atoms with Crippen LogP contribution in [0.5, 0.6) is 0 Å². The number of thiazole rings is 1. The van der Waals surface area contributed by atoms with Crippen LogP contribution in [-0.4, -0.2) is 35.3 Å². The molecular weight excluding hydrogens is 354 g/mol. The SMILES string of the molecule is Cc1csc([C@H](C#N)C(=O)COC(=O)[C@H](C)NC(=O)c2ccccc2)n1. The maximum absolute atomic E-state index is 12.1. The van der Waals surface area contributed by atoms with Crippen LogP contribution in [0.4, 0.5) is 0 Å². The lowest BCUT2D eigenvalue weighted by Gasteiger charge is -2.13. The Balaban J connectivity index is 1.88. The lowest BCUT2D eigenvalue weighted by atomic mass is 10.1. The van der Waals surface area contributed by atoms with Gasteiger partial charge in [0.05, 0.1) is 6.07 Å². The second-order valence-electron chi connectivity index (χ2n) is 5.52. The van der Waals surface area contributed by atoms with Crippen molar-refractivity contribution in [2.75, 3.05) is 6.61 Å². The first-order chi connectivity index (χ1) is 12.4. The van der Waals surface area contributed by atoms with Gasteiger partial charge in [-0.25, -0.2) is 9.78 Å². The number of hydrogen-bond donors (Lipinski definition) is 1. The Morgan fingerprint density at radius 1 is 1.31 bits per heavy atom. The maximum Gasteiger partial charge on any atom is 0.328 e. The molecule has 1 aromatic carbocycles. The molecule has 0 aliphatic carbocycles. The number of benzene rings is 1. The Kier molecular flexibility index (Phi) is 6.58. The zero-order valence-electron chi connectivity index (χ0n) is 14.3. The number of ketones is 1. The van der Waals surface area contributed by atoms with E-state index in [1.54, 1.807) is 42.6 Å². The fraction of sp³-hybridized carbons (Fsp3) is 0.278. The molecule has 0 saturated carbocycles. The van der Waals surface area contributed by atoms with Gasteiger partial charge in [0, 0.05) is 16.6 Å². The summed E-state index contributed by atoms with van der Waals surface area (Å²) in [6.07, 6.45) is 0. The highest BCUT2D eigenvalue weighted by molar-refractivity contribution is 7.09. The molecule has 1 heterocycles. The first-order valence-corrected chi connectivity index (χ1v) is 8.67. The number of aromatic nitrogens is 1. The molecule has 134 valence electrons. The smallest absolute Gasteiger partial charge is 0.328 e. The van der Waals surface area contributed by atoms with E-state index < -0.39 is 36.2 Å². The molecular formula is C18H17N3O4S. The zero-order valence-corrected chi connectivity index (χ0v) is 15.1. The van der Waals surface area contributed by atoms with Gasteiger partial charge in [0.2, 0.25) is 0 Å². The summed E-state index contributed by atoms with van der Waals surface area (Å²) >= 11 is 1.21. The van der Waals surface area contributed by atoms with Crippen molar-refractivity contribution in [1.29, 1.82) is 5.26 Å². The molecule has 0 spiro atoms. The Bertz CT molecular complexity index is 842. The summed E-state index contributed by atoms with van der Waals surface area (Å²) in [6, 6.07) is 9.36. The summed E-state index contributed by atoms with van der Waals surface area (Å²) in [5, 5.41) is 13.8. The number of carbonyl (C=O) groups is 3. The summed E-state index contributed by atoms with van der Waals surface area (Å²) in [6.45, 7) is 2.66. The van der Waals surface area contributed by atoms with E-state index >= 15 is 0 Å². The Hall–Kier alpha value is -3.05. The monoisotopic (exact) mass is 371 g/mol. The van der Waals surface area contributed by atoms with Crippen molar-refractivity contribution in [1.82, 2.24) is 10.3 Å². The molecule has 0 radical (unpaired) electrons. The summed E-state index contributed by atoms with van der Waals surface area (Å²) < 4.78 is 4.94. The molecule has 1 N–H and O–H groups in total. The van der Waals surface area contributed by atoms with Crippen LogP contribution in [0.1, 0.15) is 33.9 Å². The van der Waals surface area contributed by atoms with Crippen molar-refractivity contribution in [3.05, 3.63) is 52.0 Å². The number of ether oxygens (including phenoxy) is 1. The number of esters is 1. The molecule has 7 nitrogen and oxygen atoms in total. The topological polar surface area (TPSA) is 109 Å². The molecule has 8 heteroatoms. The molecule has 2 atom stereocenters. The van der Waals surface area contributed by atoms with Crippen molar-refractivity contribution in [3.63, 3.8) is 0 Å². The summed E-state index contributed by atoms with van der Waals surface area (Å²) in [4.78, 5) is 40.2. The predicted octanol–water partition coefficient (Wildman–Crippen LogP) is 1.99. The van der Waals surface area contributed by atoms with E-state index in [1.165, 1.54) is 18.3 Å². The summed E-state index contributed by atoms with van der Waals surface area (Å²) in [5.74, 6) is -2.81. The molecule has 1 amide bonds. The number of aryl methyl sites for hydroxylation is 1. The Morgan fingerprint density at radius 2 is 2.00 bits per heavy atom. The average Bonchev–Trinajstić information content (AvgIpc) is 3.06. The maximum atomic E-state index is 12.1. The van der Waals surface area contributed by atoms with Crippen LogP contribution in [0, 0.1) is 18.3 Å². The van der Waals surface area contributed by atoms with Gasteiger partial charge in [-0.15, -0.1) is 11.3 Å².